The zero-order valence-corrected chi connectivity index (χ0v) is 12.6. The van der Waals surface area contributed by atoms with Gasteiger partial charge in [0.2, 0.25) is 0 Å². The Morgan fingerprint density at radius 1 is 1.32 bits per heavy atom. The zero-order chi connectivity index (χ0) is 16.1. The van der Waals surface area contributed by atoms with Crippen molar-refractivity contribution in [1.29, 1.82) is 0 Å². The maximum Gasteiger partial charge on any atom is 0.387 e. The Balaban J connectivity index is 1.88. The number of nitrogens with one attached hydrogen (secondary N) is 1. The number of aromatic amines is 1. The molecule has 3 N–H and O–H groups in total. The summed E-state index contributed by atoms with van der Waals surface area (Å²) >= 11 is 11.5. The average molecular weight is 344 g/mol. The van der Waals surface area contributed by atoms with Crippen LogP contribution in [0.1, 0.15) is 16.1 Å². The van der Waals surface area contributed by atoms with Crippen LogP contribution in [-0.2, 0) is 21.0 Å². The van der Waals surface area contributed by atoms with Gasteiger partial charge in [0.15, 0.2) is 0 Å². The molecule has 0 aliphatic rings. The minimum absolute atomic E-state index is 0.0148. The monoisotopic (exact) mass is 343 g/mol. The number of rotatable bonds is 4. The first kappa shape index (κ1) is 16.3. The number of nitrogens with two attached hydrogens (primary N) is 1. The molecule has 1 heterocycles. The van der Waals surface area contributed by atoms with E-state index in [9.17, 15) is 9.59 Å². The summed E-state index contributed by atoms with van der Waals surface area (Å²) in [5, 5.41) is 0.440. The summed E-state index contributed by atoms with van der Waals surface area (Å²) in [4.78, 5) is 38.8. The molecule has 22 heavy (non-hydrogen) atoms. The number of halogens is 2. The summed E-state index contributed by atoms with van der Waals surface area (Å²) in [7, 11) is 0. The fourth-order valence-corrected chi connectivity index (χ4v) is 2.04. The predicted octanol–water partition coefficient (Wildman–Crippen LogP) is 1.90. The van der Waals surface area contributed by atoms with Crippen LogP contribution in [0.4, 0.5) is 0 Å². The van der Waals surface area contributed by atoms with E-state index in [1.54, 1.807) is 0 Å². The van der Waals surface area contributed by atoms with Crippen LogP contribution in [0, 0.1) is 0 Å². The van der Waals surface area contributed by atoms with E-state index in [-0.39, 0.29) is 17.0 Å². The van der Waals surface area contributed by atoms with Crippen LogP contribution >= 0.6 is 23.2 Å². The van der Waals surface area contributed by atoms with E-state index in [0.717, 1.165) is 0 Å². The van der Waals surface area contributed by atoms with Crippen LogP contribution in [-0.4, -0.2) is 27.9 Å². The van der Waals surface area contributed by atoms with E-state index in [1.165, 1.54) is 30.7 Å². The second-order valence-electron chi connectivity index (χ2n) is 4.28. The molecule has 0 saturated carbocycles. The summed E-state index contributed by atoms with van der Waals surface area (Å²) in [5.74, 6) is -1.82. The molecule has 0 radical (unpaired) electrons. The molecule has 0 aliphatic heterocycles. The van der Waals surface area contributed by atoms with Crippen LogP contribution in [0.15, 0.2) is 30.7 Å². The van der Waals surface area contributed by atoms with E-state index >= 15 is 0 Å². The van der Waals surface area contributed by atoms with Crippen molar-refractivity contribution in [2.75, 3.05) is 0 Å². The van der Waals surface area contributed by atoms with E-state index in [4.69, 9.17) is 28.9 Å². The number of hydrogen-bond donors (Lipinski definition) is 2. The van der Waals surface area contributed by atoms with Crippen LogP contribution in [0.5, 0.6) is 0 Å². The molecule has 0 bridgehead atoms. The van der Waals surface area contributed by atoms with Crippen molar-refractivity contribution in [1.82, 2.24) is 9.97 Å². The van der Waals surface area contributed by atoms with Crippen LogP contribution in [0.3, 0.4) is 0 Å². The molecule has 1 aromatic heterocycles. The van der Waals surface area contributed by atoms with Crippen molar-refractivity contribution in [2.45, 2.75) is 12.5 Å². The van der Waals surface area contributed by atoms with Crippen molar-refractivity contribution in [3.05, 3.63) is 52.0 Å². The second-order valence-corrected chi connectivity index (χ2v) is 5.13. The third-order valence-electron chi connectivity index (χ3n) is 2.65. The first-order valence-corrected chi connectivity index (χ1v) is 6.83. The first-order chi connectivity index (χ1) is 10.5. The number of benzene rings is 1. The molecule has 0 unspecified atom stereocenters. The number of aromatic nitrogens is 2. The Hall–Kier alpha value is -2.09. The number of hydrogen-bond acceptors (Lipinski definition) is 6. The standard InChI is InChI=1S/C13H11Cl2N3O4/c14-7-1-2-9(10(15)3-7)12(19)21-22-13(20)11(16)4-8-5-17-6-18-8/h1-3,5-6,11H,4,16H2,(H,17,18)/t11-/m0/s1. The molecular formula is C13H11Cl2N3O4. The minimum atomic E-state index is -1.01. The molecule has 0 amide bonds. The Labute approximate surface area is 135 Å². The Morgan fingerprint density at radius 2 is 2.09 bits per heavy atom. The summed E-state index contributed by atoms with van der Waals surface area (Å²) in [5.41, 5.74) is 6.29. The number of carbonyl (C=O) groups excluding carboxylic acids is 2. The largest absolute Gasteiger partial charge is 0.387 e. The topological polar surface area (TPSA) is 107 Å². The average Bonchev–Trinajstić information content (AvgIpc) is 2.97. The van der Waals surface area contributed by atoms with Gasteiger partial charge in [-0.15, -0.1) is 0 Å². The lowest BCUT2D eigenvalue weighted by Gasteiger charge is -2.09. The molecule has 2 aromatic rings. The van der Waals surface area contributed by atoms with E-state index in [2.05, 4.69) is 19.7 Å². The van der Waals surface area contributed by atoms with E-state index < -0.39 is 18.0 Å². The molecule has 2 rings (SSSR count). The van der Waals surface area contributed by atoms with Crippen molar-refractivity contribution in [3.63, 3.8) is 0 Å². The SMILES string of the molecule is N[C@@H](Cc1cnc[nH]1)C(=O)OOC(=O)c1ccc(Cl)cc1Cl. The van der Waals surface area contributed by atoms with Crippen LogP contribution < -0.4 is 5.73 Å². The second kappa shape index (κ2) is 7.26. The summed E-state index contributed by atoms with van der Waals surface area (Å²) in [6, 6.07) is 3.17. The van der Waals surface area contributed by atoms with Gasteiger partial charge in [0.25, 0.3) is 0 Å². The van der Waals surface area contributed by atoms with Gasteiger partial charge in [0.05, 0.1) is 16.9 Å². The predicted molar refractivity (Wildman–Crippen MR) is 78.2 cm³/mol. The van der Waals surface area contributed by atoms with Gasteiger partial charge in [-0.2, -0.15) is 0 Å². The van der Waals surface area contributed by atoms with Gasteiger partial charge in [-0.3, -0.25) is 0 Å². The Bertz CT molecular complexity index is 676. The maximum absolute atomic E-state index is 11.7. The molecule has 1 aromatic carbocycles. The van der Waals surface area contributed by atoms with Crippen molar-refractivity contribution in [2.24, 2.45) is 5.73 Å². The molecule has 0 saturated heterocycles. The molecule has 0 aliphatic carbocycles. The van der Waals surface area contributed by atoms with Crippen LogP contribution in [0.2, 0.25) is 10.0 Å². The number of carbonyl (C=O) groups is 2. The Morgan fingerprint density at radius 3 is 2.73 bits per heavy atom. The zero-order valence-electron chi connectivity index (χ0n) is 11.1. The molecule has 7 nitrogen and oxygen atoms in total. The van der Waals surface area contributed by atoms with Gasteiger partial charge in [-0.05, 0) is 18.2 Å². The normalized spacial score (nSPS) is 11.8. The maximum atomic E-state index is 11.7. The van der Waals surface area contributed by atoms with Crippen molar-refractivity contribution >= 4 is 35.1 Å². The Kier molecular flexibility index (Phi) is 5.37. The molecule has 0 fully saturated rings. The molecular weight excluding hydrogens is 333 g/mol. The highest BCUT2D eigenvalue weighted by Gasteiger charge is 2.21. The summed E-state index contributed by atoms with van der Waals surface area (Å²) in [6.07, 6.45) is 3.14. The molecule has 0 spiro atoms. The van der Waals surface area contributed by atoms with Crippen LogP contribution in [0.25, 0.3) is 0 Å². The van der Waals surface area contributed by atoms with Gasteiger partial charge < -0.3 is 10.7 Å². The molecule has 116 valence electrons. The van der Waals surface area contributed by atoms with Gasteiger partial charge in [0, 0.05) is 23.3 Å². The fourth-order valence-electron chi connectivity index (χ4n) is 1.56. The van der Waals surface area contributed by atoms with Crippen molar-refractivity contribution in [3.8, 4) is 0 Å². The van der Waals surface area contributed by atoms with Gasteiger partial charge >= 0.3 is 11.9 Å². The summed E-state index contributed by atoms with van der Waals surface area (Å²) < 4.78 is 0. The van der Waals surface area contributed by atoms with Gasteiger partial charge in [-0.25, -0.2) is 24.3 Å². The highest BCUT2D eigenvalue weighted by atomic mass is 35.5. The third-order valence-corrected chi connectivity index (χ3v) is 3.20. The number of nitrogens with zero attached hydrogens (tertiary/aromatic N) is 1. The van der Waals surface area contributed by atoms with Gasteiger partial charge in [0.1, 0.15) is 6.04 Å². The minimum Gasteiger partial charge on any atom is -0.348 e. The highest BCUT2D eigenvalue weighted by molar-refractivity contribution is 6.36. The lowest BCUT2D eigenvalue weighted by Crippen LogP contribution is -2.35. The van der Waals surface area contributed by atoms with E-state index in [1.807, 2.05) is 0 Å². The van der Waals surface area contributed by atoms with Crippen molar-refractivity contribution < 1.29 is 19.4 Å². The number of H-pyrrole nitrogens is 1. The lowest BCUT2D eigenvalue weighted by molar-refractivity contribution is -0.235. The summed E-state index contributed by atoms with van der Waals surface area (Å²) in [6.45, 7) is 0. The number of imidazole rings is 1. The van der Waals surface area contributed by atoms with Gasteiger partial charge in [-0.1, -0.05) is 23.2 Å². The highest BCUT2D eigenvalue weighted by Crippen LogP contribution is 2.21. The first-order valence-electron chi connectivity index (χ1n) is 6.08. The molecule has 1 atom stereocenters. The smallest absolute Gasteiger partial charge is 0.348 e. The fraction of sp³-hybridized carbons (Fsp3) is 0.154. The quantitative estimate of drug-likeness (QED) is 0.648. The molecule has 9 heteroatoms. The van der Waals surface area contributed by atoms with E-state index in [0.29, 0.717) is 10.7 Å². The third kappa shape index (κ3) is 4.20. The lowest BCUT2D eigenvalue weighted by atomic mass is 10.2.